The highest BCUT2D eigenvalue weighted by Gasteiger charge is 2.22. The lowest BCUT2D eigenvalue weighted by Crippen LogP contribution is -2.22. The normalized spacial score (nSPS) is 12.1. The standard InChI is InChI=1S/C27H20N4O3S2/c1-16(36-27-29-23(21-8-4-12-33-21)24(30-27)22-9-5-13-34-22)25(32)31-26-28-20(15-35-26)19-11-10-17-6-2-3-7-18(17)14-19/h2-16H,1H3,(H,29,30)(H,28,31,32). The summed E-state index contributed by atoms with van der Waals surface area (Å²) in [7, 11) is 0. The molecule has 0 fully saturated rings. The summed E-state index contributed by atoms with van der Waals surface area (Å²) < 4.78 is 11.1. The molecule has 6 rings (SSSR count). The number of aromatic amines is 1. The number of benzene rings is 2. The minimum atomic E-state index is -0.418. The van der Waals surface area contributed by atoms with E-state index in [4.69, 9.17) is 8.83 Å². The Hall–Kier alpha value is -4.08. The average Bonchev–Trinajstić information content (AvgIpc) is 3.70. The molecule has 0 bridgehead atoms. The maximum atomic E-state index is 12.9. The number of thiazole rings is 1. The molecule has 36 heavy (non-hydrogen) atoms. The third-order valence-corrected chi connectivity index (χ3v) is 7.38. The van der Waals surface area contributed by atoms with Gasteiger partial charge in [-0.15, -0.1) is 11.3 Å². The summed E-state index contributed by atoms with van der Waals surface area (Å²) in [6, 6.07) is 21.7. The van der Waals surface area contributed by atoms with Gasteiger partial charge in [0.25, 0.3) is 0 Å². The smallest absolute Gasteiger partial charge is 0.239 e. The predicted octanol–water partition coefficient (Wildman–Crippen LogP) is 7.33. The quantitative estimate of drug-likeness (QED) is 0.217. The van der Waals surface area contributed by atoms with E-state index in [1.54, 1.807) is 18.6 Å². The topological polar surface area (TPSA) is 97.0 Å². The number of hydrogen-bond donors (Lipinski definition) is 2. The lowest BCUT2D eigenvalue weighted by Gasteiger charge is -2.08. The molecule has 0 aliphatic rings. The predicted molar refractivity (Wildman–Crippen MR) is 143 cm³/mol. The van der Waals surface area contributed by atoms with E-state index >= 15 is 0 Å². The van der Waals surface area contributed by atoms with Crippen LogP contribution in [-0.2, 0) is 4.79 Å². The molecular weight excluding hydrogens is 492 g/mol. The van der Waals surface area contributed by atoms with Crippen molar-refractivity contribution < 1.29 is 13.6 Å². The van der Waals surface area contributed by atoms with Crippen molar-refractivity contribution in [1.29, 1.82) is 0 Å². The Morgan fingerprint density at radius 1 is 0.972 bits per heavy atom. The zero-order valence-electron chi connectivity index (χ0n) is 19.1. The fraction of sp³-hybridized carbons (Fsp3) is 0.0741. The summed E-state index contributed by atoms with van der Waals surface area (Å²) >= 11 is 2.72. The number of nitrogens with one attached hydrogen (secondary N) is 2. The molecule has 178 valence electrons. The third kappa shape index (κ3) is 4.46. The van der Waals surface area contributed by atoms with Crippen LogP contribution in [0.5, 0.6) is 0 Å². The van der Waals surface area contributed by atoms with E-state index in [0.717, 1.165) is 16.6 Å². The van der Waals surface area contributed by atoms with Gasteiger partial charge in [-0.25, -0.2) is 9.97 Å². The van der Waals surface area contributed by atoms with Gasteiger partial charge in [0.05, 0.1) is 23.5 Å². The molecule has 0 radical (unpaired) electrons. The van der Waals surface area contributed by atoms with E-state index in [0.29, 0.717) is 33.2 Å². The Labute approximate surface area is 214 Å². The molecule has 9 heteroatoms. The van der Waals surface area contributed by atoms with Crippen LogP contribution in [0.1, 0.15) is 6.92 Å². The van der Waals surface area contributed by atoms with Crippen LogP contribution in [0.25, 0.3) is 44.9 Å². The maximum Gasteiger partial charge on any atom is 0.239 e. The number of H-pyrrole nitrogens is 1. The number of anilines is 1. The molecule has 6 aromatic rings. The Kier molecular flexibility index (Phi) is 5.92. The van der Waals surface area contributed by atoms with E-state index in [2.05, 4.69) is 44.5 Å². The van der Waals surface area contributed by atoms with Crippen molar-refractivity contribution in [1.82, 2.24) is 15.0 Å². The van der Waals surface area contributed by atoms with Crippen molar-refractivity contribution in [2.45, 2.75) is 17.3 Å². The number of thioether (sulfide) groups is 1. The van der Waals surface area contributed by atoms with Crippen molar-refractivity contribution >= 4 is 44.9 Å². The maximum absolute atomic E-state index is 12.9. The molecule has 1 unspecified atom stereocenters. The van der Waals surface area contributed by atoms with E-state index in [9.17, 15) is 4.79 Å². The SMILES string of the molecule is CC(Sc1nc(-c2ccco2)c(-c2ccco2)[nH]1)C(=O)Nc1nc(-c2ccc3ccccc3c2)cs1. The van der Waals surface area contributed by atoms with Crippen LogP contribution in [0, 0.1) is 0 Å². The zero-order chi connectivity index (χ0) is 24.5. The molecule has 4 heterocycles. The average molecular weight is 513 g/mol. The minimum Gasteiger partial charge on any atom is -0.463 e. The van der Waals surface area contributed by atoms with Crippen LogP contribution in [0.15, 0.2) is 98.6 Å². The van der Waals surface area contributed by atoms with Crippen LogP contribution < -0.4 is 5.32 Å². The number of fused-ring (bicyclic) bond motifs is 1. The van der Waals surface area contributed by atoms with Gasteiger partial charge in [-0.2, -0.15) is 0 Å². The highest BCUT2D eigenvalue weighted by molar-refractivity contribution is 8.00. The number of carbonyl (C=O) groups excluding carboxylic acids is 1. The van der Waals surface area contributed by atoms with Gasteiger partial charge < -0.3 is 19.1 Å². The number of carbonyl (C=O) groups is 1. The largest absolute Gasteiger partial charge is 0.463 e. The van der Waals surface area contributed by atoms with E-state index in [1.807, 2.05) is 48.7 Å². The Balaban J connectivity index is 1.17. The molecule has 0 saturated heterocycles. The van der Waals surface area contributed by atoms with Gasteiger partial charge >= 0.3 is 0 Å². The van der Waals surface area contributed by atoms with Gasteiger partial charge in [-0.05, 0) is 48.0 Å². The van der Waals surface area contributed by atoms with Gasteiger partial charge in [0.1, 0.15) is 11.4 Å². The van der Waals surface area contributed by atoms with Crippen LogP contribution in [-0.4, -0.2) is 26.1 Å². The molecule has 0 spiro atoms. The van der Waals surface area contributed by atoms with Crippen LogP contribution in [0.3, 0.4) is 0 Å². The molecule has 0 aliphatic heterocycles. The molecule has 0 saturated carbocycles. The first-order valence-electron chi connectivity index (χ1n) is 11.2. The number of furan rings is 2. The number of hydrogen-bond acceptors (Lipinski definition) is 7. The first kappa shape index (κ1) is 22.4. The minimum absolute atomic E-state index is 0.157. The molecule has 1 atom stereocenters. The van der Waals surface area contributed by atoms with Crippen molar-refractivity contribution in [2.24, 2.45) is 0 Å². The van der Waals surface area contributed by atoms with Crippen molar-refractivity contribution in [2.75, 3.05) is 5.32 Å². The fourth-order valence-electron chi connectivity index (χ4n) is 3.84. The summed E-state index contributed by atoms with van der Waals surface area (Å²) in [4.78, 5) is 25.5. The summed E-state index contributed by atoms with van der Waals surface area (Å²) in [6.45, 7) is 1.83. The summed E-state index contributed by atoms with van der Waals surface area (Å²) in [5.74, 6) is 1.10. The van der Waals surface area contributed by atoms with E-state index in [-0.39, 0.29) is 5.91 Å². The zero-order valence-corrected chi connectivity index (χ0v) is 20.7. The summed E-state index contributed by atoms with van der Waals surface area (Å²) in [6.07, 6.45) is 3.20. The Bertz CT molecular complexity index is 1580. The second-order valence-corrected chi connectivity index (χ2v) is 10.3. The number of imidazole rings is 1. The molecule has 2 aromatic carbocycles. The van der Waals surface area contributed by atoms with E-state index in [1.165, 1.54) is 28.5 Å². The molecule has 1 amide bonds. The van der Waals surface area contributed by atoms with Gasteiger partial charge in [0.15, 0.2) is 21.8 Å². The van der Waals surface area contributed by atoms with Gasteiger partial charge in [0.2, 0.25) is 5.91 Å². The third-order valence-electron chi connectivity index (χ3n) is 5.64. The fourth-order valence-corrected chi connectivity index (χ4v) is 5.37. The van der Waals surface area contributed by atoms with Crippen LogP contribution in [0.4, 0.5) is 5.13 Å². The number of nitrogens with zero attached hydrogens (tertiary/aromatic N) is 2. The second-order valence-electron chi connectivity index (χ2n) is 8.07. The first-order chi connectivity index (χ1) is 17.6. The Morgan fingerprint density at radius 3 is 2.53 bits per heavy atom. The molecular formula is C27H20N4O3S2. The van der Waals surface area contributed by atoms with Gasteiger partial charge in [-0.1, -0.05) is 48.2 Å². The summed E-state index contributed by atoms with van der Waals surface area (Å²) in [5.41, 5.74) is 3.17. The molecule has 0 aliphatic carbocycles. The van der Waals surface area contributed by atoms with Crippen LogP contribution >= 0.6 is 23.1 Å². The number of aromatic nitrogens is 3. The van der Waals surface area contributed by atoms with Gasteiger partial charge in [-0.3, -0.25) is 4.79 Å². The highest BCUT2D eigenvalue weighted by atomic mass is 32.2. The van der Waals surface area contributed by atoms with E-state index < -0.39 is 5.25 Å². The lowest BCUT2D eigenvalue weighted by molar-refractivity contribution is -0.115. The van der Waals surface area contributed by atoms with Crippen molar-refractivity contribution in [3.63, 3.8) is 0 Å². The molecule has 4 aromatic heterocycles. The molecule has 2 N–H and O–H groups in total. The summed E-state index contributed by atoms with van der Waals surface area (Å²) in [5, 5.41) is 7.95. The van der Waals surface area contributed by atoms with Crippen molar-refractivity contribution in [3.8, 4) is 34.2 Å². The highest BCUT2D eigenvalue weighted by Crippen LogP contribution is 2.35. The Morgan fingerprint density at radius 2 is 1.75 bits per heavy atom. The molecule has 7 nitrogen and oxygen atoms in total. The van der Waals surface area contributed by atoms with Crippen LogP contribution in [0.2, 0.25) is 0 Å². The first-order valence-corrected chi connectivity index (χ1v) is 13.0. The van der Waals surface area contributed by atoms with Crippen molar-refractivity contribution in [3.05, 3.63) is 84.6 Å². The number of amides is 1. The second kappa shape index (κ2) is 9.52. The number of rotatable bonds is 7. The monoisotopic (exact) mass is 512 g/mol. The lowest BCUT2D eigenvalue weighted by atomic mass is 10.1. The van der Waals surface area contributed by atoms with Gasteiger partial charge in [0, 0.05) is 10.9 Å².